The van der Waals surface area contributed by atoms with E-state index < -0.39 is 0 Å². The number of anilines is 1. The zero-order valence-corrected chi connectivity index (χ0v) is 11.4. The SMILES string of the molecule is COCCNc1cc(C(C)C)nc(C(C)C)n1. The minimum absolute atomic E-state index is 0.344. The Hall–Kier alpha value is -1.16. The van der Waals surface area contributed by atoms with Crippen LogP contribution in [-0.4, -0.2) is 30.2 Å². The van der Waals surface area contributed by atoms with Crippen molar-refractivity contribution in [1.29, 1.82) is 0 Å². The van der Waals surface area contributed by atoms with E-state index in [9.17, 15) is 0 Å². The van der Waals surface area contributed by atoms with Crippen LogP contribution < -0.4 is 5.32 Å². The minimum atomic E-state index is 0.344. The van der Waals surface area contributed by atoms with Crippen molar-refractivity contribution in [2.45, 2.75) is 39.5 Å². The summed E-state index contributed by atoms with van der Waals surface area (Å²) in [7, 11) is 1.70. The Balaban J connectivity index is 2.88. The maximum absolute atomic E-state index is 5.01. The normalized spacial score (nSPS) is 11.2. The van der Waals surface area contributed by atoms with Crippen LogP contribution in [0.1, 0.15) is 51.0 Å². The lowest BCUT2D eigenvalue weighted by Gasteiger charge is -2.13. The molecule has 1 rings (SSSR count). The second kappa shape index (κ2) is 6.55. The van der Waals surface area contributed by atoms with E-state index >= 15 is 0 Å². The van der Waals surface area contributed by atoms with Crippen LogP contribution in [0.5, 0.6) is 0 Å². The summed E-state index contributed by atoms with van der Waals surface area (Å²) in [6, 6.07) is 2.02. The first kappa shape index (κ1) is 13.9. The highest BCUT2D eigenvalue weighted by molar-refractivity contribution is 5.37. The number of nitrogens with zero attached hydrogens (tertiary/aromatic N) is 2. The molecule has 1 aromatic heterocycles. The molecule has 1 N–H and O–H groups in total. The Kier molecular flexibility index (Phi) is 5.35. The van der Waals surface area contributed by atoms with Gasteiger partial charge in [-0.2, -0.15) is 0 Å². The summed E-state index contributed by atoms with van der Waals surface area (Å²) >= 11 is 0. The van der Waals surface area contributed by atoms with Crippen molar-refractivity contribution < 1.29 is 4.74 Å². The third-order valence-corrected chi connectivity index (χ3v) is 2.48. The maximum atomic E-state index is 5.01. The van der Waals surface area contributed by atoms with Gasteiger partial charge in [-0.15, -0.1) is 0 Å². The monoisotopic (exact) mass is 237 g/mol. The molecule has 4 nitrogen and oxygen atoms in total. The summed E-state index contributed by atoms with van der Waals surface area (Å²) in [6.07, 6.45) is 0. The van der Waals surface area contributed by atoms with Crippen molar-refractivity contribution in [2.75, 3.05) is 25.6 Å². The molecule has 0 aliphatic rings. The summed E-state index contributed by atoms with van der Waals surface area (Å²) in [6.45, 7) is 9.95. The number of rotatable bonds is 6. The number of nitrogens with one attached hydrogen (secondary N) is 1. The van der Waals surface area contributed by atoms with Gasteiger partial charge in [0.05, 0.1) is 6.61 Å². The van der Waals surface area contributed by atoms with Crippen molar-refractivity contribution in [3.8, 4) is 0 Å². The molecule has 96 valence electrons. The van der Waals surface area contributed by atoms with Crippen LogP contribution in [0.15, 0.2) is 6.07 Å². The molecular formula is C13H23N3O. The van der Waals surface area contributed by atoms with Crippen molar-refractivity contribution in [3.05, 3.63) is 17.6 Å². The van der Waals surface area contributed by atoms with E-state index in [4.69, 9.17) is 4.74 Å². The molecule has 0 bridgehead atoms. The van der Waals surface area contributed by atoms with E-state index in [1.165, 1.54) is 0 Å². The lowest BCUT2D eigenvalue weighted by atomic mass is 10.1. The fraction of sp³-hybridized carbons (Fsp3) is 0.692. The lowest BCUT2D eigenvalue weighted by Crippen LogP contribution is -2.12. The van der Waals surface area contributed by atoms with Gasteiger partial charge in [0, 0.05) is 31.3 Å². The van der Waals surface area contributed by atoms with Crippen molar-refractivity contribution in [1.82, 2.24) is 9.97 Å². The largest absolute Gasteiger partial charge is 0.383 e. The molecule has 0 saturated carbocycles. The Morgan fingerprint density at radius 1 is 1.18 bits per heavy atom. The van der Waals surface area contributed by atoms with E-state index in [2.05, 4.69) is 43.0 Å². The Morgan fingerprint density at radius 3 is 2.41 bits per heavy atom. The fourth-order valence-corrected chi connectivity index (χ4v) is 1.41. The molecule has 0 spiro atoms. The molecule has 0 amide bonds. The Bertz CT molecular complexity index is 324. The highest BCUT2D eigenvalue weighted by atomic mass is 16.5. The zero-order valence-electron chi connectivity index (χ0n) is 11.4. The first-order valence-electron chi connectivity index (χ1n) is 6.16. The van der Waals surface area contributed by atoms with E-state index in [0.29, 0.717) is 18.4 Å². The summed E-state index contributed by atoms with van der Waals surface area (Å²) in [5, 5.41) is 3.26. The van der Waals surface area contributed by atoms with Gasteiger partial charge in [-0.3, -0.25) is 0 Å². The maximum Gasteiger partial charge on any atom is 0.133 e. The van der Waals surface area contributed by atoms with Gasteiger partial charge in [-0.25, -0.2) is 9.97 Å². The average Bonchev–Trinajstić information content (AvgIpc) is 2.29. The third kappa shape index (κ3) is 4.30. The predicted molar refractivity (Wildman–Crippen MR) is 70.6 cm³/mol. The molecule has 0 aliphatic heterocycles. The Labute approximate surface area is 104 Å². The average molecular weight is 237 g/mol. The van der Waals surface area contributed by atoms with Crippen molar-refractivity contribution in [3.63, 3.8) is 0 Å². The minimum Gasteiger partial charge on any atom is -0.383 e. The molecule has 0 atom stereocenters. The fourth-order valence-electron chi connectivity index (χ4n) is 1.41. The van der Waals surface area contributed by atoms with E-state index in [-0.39, 0.29) is 0 Å². The zero-order chi connectivity index (χ0) is 12.8. The second-order valence-electron chi connectivity index (χ2n) is 4.77. The number of hydrogen-bond donors (Lipinski definition) is 1. The van der Waals surface area contributed by atoms with Gasteiger partial charge in [-0.1, -0.05) is 27.7 Å². The summed E-state index contributed by atoms with van der Waals surface area (Å²) < 4.78 is 5.01. The molecule has 17 heavy (non-hydrogen) atoms. The van der Waals surface area contributed by atoms with Crippen LogP contribution in [0.4, 0.5) is 5.82 Å². The van der Waals surface area contributed by atoms with Crippen molar-refractivity contribution >= 4 is 5.82 Å². The van der Waals surface area contributed by atoms with Crippen molar-refractivity contribution in [2.24, 2.45) is 0 Å². The molecular weight excluding hydrogens is 214 g/mol. The van der Waals surface area contributed by atoms with Crippen LogP contribution in [0, 0.1) is 0 Å². The van der Waals surface area contributed by atoms with Crippen LogP contribution in [0.25, 0.3) is 0 Å². The smallest absolute Gasteiger partial charge is 0.133 e. The number of hydrogen-bond acceptors (Lipinski definition) is 4. The highest BCUT2D eigenvalue weighted by Gasteiger charge is 2.10. The molecule has 0 aromatic carbocycles. The summed E-state index contributed by atoms with van der Waals surface area (Å²) in [4.78, 5) is 9.09. The van der Waals surface area contributed by atoms with Gasteiger partial charge in [0.2, 0.25) is 0 Å². The van der Waals surface area contributed by atoms with E-state index in [1.807, 2.05) is 6.07 Å². The third-order valence-electron chi connectivity index (χ3n) is 2.48. The van der Waals surface area contributed by atoms with Gasteiger partial charge in [0.1, 0.15) is 11.6 Å². The van der Waals surface area contributed by atoms with Gasteiger partial charge in [0.15, 0.2) is 0 Å². The highest BCUT2D eigenvalue weighted by Crippen LogP contribution is 2.19. The number of aromatic nitrogens is 2. The summed E-state index contributed by atoms with van der Waals surface area (Å²) in [5.74, 6) is 2.55. The van der Waals surface area contributed by atoms with Gasteiger partial charge in [-0.05, 0) is 5.92 Å². The topological polar surface area (TPSA) is 47.0 Å². The summed E-state index contributed by atoms with van der Waals surface area (Å²) in [5.41, 5.74) is 1.09. The first-order valence-corrected chi connectivity index (χ1v) is 6.16. The van der Waals surface area contributed by atoms with E-state index in [0.717, 1.165) is 23.9 Å². The van der Waals surface area contributed by atoms with Crippen LogP contribution in [0.2, 0.25) is 0 Å². The quantitative estimate of drug-likeness (QED) is 0.773. The molecule has 0 saturated heterocycles. The second-order valence-corrected chi connectivity index (χ2v) is 4.77. The molecule has 0 radical (unpaired) electrons. The molecule has 1 aromatic rings. The lowest BCUT2D eigenvalue weighted by molar-refractivity contribution is 0.210. The predicted octanol–water partition coefficient (Wildman–Crippen LogP) is 2.78. The molecule has 4 heteroatoms. The number of methoxy groups -OCH3 is 1. The first-order chi connectivity index (χ1) is 8.04. The molecule has 0 fully saturated rings. The van der Waals surface area contributed by atoms with Crippen LogP contribution in [0.3, 0.4) is 0 Å². The number of ether oxygens (including phenoxy) is 1. The van der Waals surface area contributed by atoms with Gasteiger partial charge in [0.25, 0.3) is 0 Å². The Morgan fingerprint density at radius 2 is 1.88 bits per heavy atom. The molecule has 0 unspecified atom stereocenters. The van der Waals surface area contributed by atoms with E-state index in [1.54, 1.807) is 7.11 Å². The van der Waals surface area contributed by atoms with Gasteiger partial charge >= 0.3 is 0 Å². The van der Waals surface area contributed by atoms with Crippen LogP contribution >= 0.6 is 0 Å². The van der Waals surface area contributed by atoms with Crippen LogP contribution in [-0.2, 0) is 4.74 Å². The standard InChI is InChI=1S/C13H23N3O/c1-9(2)11-8-12(14-6-7-17-5)16-13(15-11)10(3)4/h8-10H,6-7H2,1-5H3,(H,14,15,16). The molecule has 0 aliphatic carbocycles. The molecule has 1 heterocycles. The van der Waals surface area contributed by atoms with Gasteiger partial charge < -0.3 is 10.1 Å².